The Balaban J connectivity index is 2.84. The fraction of sp³-hybridized carbons (Fsp3) is 0. The van der Waals surface area contributed by atoms with Gasteiger partial charge in [0.2, 0.25) is 6.41 Å². The Labute approximate surface area is 60.7 Å². The summed E-state index contributed by atoms with van der Waals surface area (Å²) < 4.78 is 0.666. The molecule has 0 aliphatic rings. The van der Waals surface area contributed by atoms with Gasteiger partial charge in [-0.3, -0.25) is 4.79 Å². The molecule has 0 aliphatic heterocycles. The van der Waals surface area contributed by atoms with Crippen LogP contribution < -0.4 is 5.32 Å². The monoisotopic (exact) mass is 160 g/mol. The van der Waals surface area contributed by atoms with E-state index in [4.69, 9.17) is 12.2 Å². The Morgan fingerprint density at radius 1 is 1.89 bits per heavy atom. The minimum absolute atomic E-state index is 0.619. The van der Waals surface area contributed by atoms with Crippen molar-refractivity contribution in [1.82, 2.24) is 4.98 Å². The molecule has 0 saturated carbocycles. The van der Waals surface area contributed by atoms with Crippen molar-refractivity contribution in [3.05, 3.63) is 10.2 Å². The zero-order valence-electron chi connectivity index (χ0n) is 4.38. The Morgan fingerprint density at radius 3 is 3.11 bits per heavy atom. The second-order valence-electron chi connectivity index (χ2n) is 1.30. The highest BCUT2D eigenvalue weighted by Crippen LogP contribution is 2.12. The van der Waals surface area contributed by atoms with Gasteiger partial charge in [-0.05, 0) is 12.2 Å². The van der Waals surface area contributed by atoms with Crippen molar-refractivity contribution in [2.75, 3.05) is 5.32 Å². The van der Waals surface area contributed by atoms with Gasteiger partial charge >= 0.3 is 0 Å². The number of aromatic nitrogens is 1. The van der Waals surface area contributed by atoms with Crippen LogP contribution in [0.4, 0.5) is 5.00 Å². The standard InChI is InChI=1S/C4H4N2OS2/c7-2-6-3-1-5-4(8)9-3/h1-2H,(H,5,8)(H,6,7). The van der Waals surface area contributed by atoms with Crippen LogP contribution in [-0.2, 0) is 4.79 Å². The summed E-state index contributed by atoms with van der Waals surface area (Å²) in [5, 5.41) is 3.21. The molecule has 3 nitrogen and oxygen atoms in total. The molecule has 0 fully saturated rings. The quantitative estimate of drug-likeness (QED) is 0.507. The Bertz CT molecular complexity index is 251. The first-order chi connectivity index (χ1) is 4.33. The van der Waals surface area contributed by atoms with Crippen molar-refractivity contribution in [2.45, 2.75) is 0 Å². The van der Waals surface area contributed by atoms with Crippen LogP contribution in [0.25, 0.3) is 0 Å². The second kappa shape index (κ2) is 2.75. The SMILES string of the molecule is O=CNc1c[nH]c(=S)s1. The molecule has 0 aliphatic carbocycles. The average molecular weight is 160 g/mol. The van der Waals surface area contributed by atoms with Gasteiger partial charge in [-0.15, -0.1) is 0 Å². The van der Waals surface area contributed by atoms with E-state index in [1.165, 1.54) is 11.3 Å². The lowest BCUT2D eigenvalue weighted by molar-refractivity contribution is -0.105. The van der Waals surface area contributed by atoms with Gasteiger partial charge in [0.15, 0.2) is 3.95 Å². The molecular weight excluding hydrogens is 156 g/mol. The molecule has 2 N–H and O–H groups in total. The number of aromatic amines is 1. The minimum atomic E-state index is 0.619. The van der Waals surface area contributed by atoms with Gasteiger partial charge in [-0.2, -0.15) is 0 Å². The van der Waals surface area contributed by atoms with Gasteiger partial charge in [0.05, 0.1) is 0 Å². The lowest BCUT2D eigenvalue weighted by atomic mass is 10.8. The van der Waals surface area contributed by atoms with Crippen LogP contribution >= 0.6 is 23.6 Å². The number of carbonyl (C=O) groups is 1. The van der Waals surface area contributed by atoms with Gasteiger partial charge in [0, 0.05) is 6.20 Å². The fourth-order valence-electron chi connectivity index (χ4n) is 0.412. The summed E-state index contributed by atoms with van der Waals surface area (Å²) in [6.07, 6.45) is 2.27. The molecule has 1 aromatic heterocycles. The molecule has 0 atom stereocenters. The predicted octanol–water partition coefficient (Wildman–Crippen LogP) is 1.37. The van der Waals surface area contributed by atoms with Gasteiger partial charge in [-0.1, -0.05) is 11.3 Å². The first-order valence-corrected chi connectivity index (χ1v) is 3.44. The molecule has 0 spiro atoms. The smallest absolute Gasteiger partial charge is 0.212 e. The maximum absolute atomic E-state index is 9.83. The molecule has 5 heteroatoms. The van der Waals surface area contributed by atoms with Crippen molar-refractivity contribution in [2.24, 2.45) is 0 Å². The average Bonchev–Trinajstić information content (AvgIpc) is 2.17. The van der Waals surface area contributed by atoms with Gasteiger partial charge in [0.1, 0.15) is 5.00 Å². The predicted molar refractivity (Wildman–Crippen MR) is 39.2 cm³/mol. The first-order valence-electron chi connectivity index (χ1n) is 2.21. The van der Waals surface area contributed by atoms with E-state index in [9.17, 15) is 4.79 Å². The van der Waals surface area contributed by atoms with E-state index in [2.05, 4.69) is 10.3 Å². The van der Waals surface area contributed by atoms with Crippen LogP contribution in [0, 0.1) is 3.95 Å². The third-order valence-electron chi connectivity index (χ3n) is 0.725. The molecule has 1 aromatic rings. The summed E-state index contributed by atoms with van der Waals surface area (Å²) in [6, 6.07) is 0. The number of hydrogen-bond donors (Lipinski definition) is 2. The molecule has 48 valence electrons. The number of anilines is 1. The van der Waals surface area contributed by atoms with Gasteiger partial charge in [0.25, 0.3) is 0 Å². The van der Waals surface area contributed by atoms with Crippen LogP contribution in [0.2, 0.25) is 0 Å². The summed E-state index contributed by atoms with van der Waals surface area (Å²) >= 11 is 6.08. The molecule has 0 unspecified atom stereocenters. The van der Waals surface area contributed by atoms with Gasteiger partial charge < -0.3 is 10.3 Å². The lowest BCUT2D eigenvalue weighted by Crippen LogP contribution is -1.88. The van der Waals surface area contributed by atoms with Crippen LogP contribution in [-0.4, -0.2) is 11.4 Å². The number of rotatable bonds is 2. The zero-order chi connectivity index (χ0) is 6.69. The maximum Gasteiger partial charge on any atom is 0.212 e. The molecule has 0 saturated heterocycles. The molecule has 1 amide bonds. The molecule has 1 rings (SSSR count). The number of carbonyl (C=O) groups excluding carboxylic acids is 1. The van der Waals surface area contributed by atoms with Crippen molar-refractivity contribution in [3.8, 4) is 0 Å². The van der Waals surface area contributed by atoms with Gasteiger partial charge in [-0.25, -0.2) is 0 Å². The molecule has 1 heterocycles. The van der Waals surface area contributed by atoms with Crippen molar-refractivity contribution in [1.29, 1.82) is 0 Å². The van der Waals surface area contributed by atoms with E-state index in [0.29, 0.717) is 10.4 Å². The van der Waals surface area contributed by atoms with E-state index in [0.717, 1.165) is 5.00 Å². The van der Waals surface area contributed by atoms with Crippen LogP contribution in [0.5, 0.6) is 0 Å². The fourth-order valence-corrected chi connectivity index (χ4v) is 1.28. The number of amides is 1. The van der Waals surface area contributed by atoms with Crippen molar-refractivity contribution >= 4 is 35.0 Å². The van der Waals surface area contributed by atoms with E-state index in [1.54, 1.807) is 6.20 Å². The van der Waals surface area contributed by atoms with Crippen LogP contribution in [0.15, 0.2) is 6.20 Å². The number of hydrogen-bond acceptors (Lipinski definition) is 3. The molecular formula is C4H4N2OS2. The Hall–Kier alpha value is -0.680. The highest BCUT2D eigenvalue weighted by molar-refractivity contribution is 7.73. The minimum Gasteiger partial charge on any atom is -0.342 e. The lowest BCUT2D eigenvalue weighted by Gasteiger charge is -1.83. The Kier molecular flexibility index (Phi) is 1.96. The number of H-pyrrole nitrogens is 1. The Morgan fingerprint density at radius 2 is 2.67 bits per heavy atom. The third-order valence-corrected chi connectivity index (χ3v) is 1.85. The summed E-state index contributed by atoms with van der Waals surface area (Å²) in [4.78, 5) is 12.6. The van der Waals surface area contributed by atoms with Crippen LogP contribution in [0.1, 0.15) is 0 Å². The zero-order valence-corrected chi connectivity index (χ0v) is 6.01. The molecule has 0 radical (unpaired) electrons. The second-order valence-corrected chi connectivity index (χ2v) is 3.02. The highest BCUT2D eigenvalue weighted by Gasteiger charge is 1.88. The van der Waals surface area contributed by atoms with Crippen LogP contribution in [0.3, 0.4) is 0 Å². The third kappa shape index (κ3) is 1.62. The molecule has 0 aromatic carbocycles. The number of thiazole rings is 1. The molecule has 9 heavy (non-hydrogen) atoms. The van der Waals surface area contributed by atoms with Crippen molar-refractivity contribution < 1.29 is 4.79 Å². The highest BCUT2D eigenvalue weighted by atomic mass is 32.1. The van der Waals surface area contributed by atoms with E-state index < -0.39 is 0 Å². The van der Waals surface area contributed by atoms with E-state index >= 15 is 0 Å². The summed E-state index contributed by atoms with van der Waals surface area (Å²) in [6.45, 7) is 0. The summed E-state index contributed by atoms with van der Waals surface area (Å²) in [5.41, 5.74) is 0. The normalized spacial score (nSPS) is 8.89. The molecule has 0 bridgehead atoms. The topological polar surface area (TPSA) is 44.9 Å². The van der Waals surface area contributed by atoms with Crippen molar-refractivity contribution in [3.63, 3.8) is 0 Å². The van der Waals surface area contributed by atoms with E-state index in [-0.39, 0.29) is 0 Å². The van der Waals surface area contributed by atoms with E-state index in [1.807, 2.05) is 0 Å². The number of nitrogens with one attached hydrogen (secondary N) is 2. The summed E-state index contributed by atoms with van der Waals surface area (Å²) in [7, 11) is 0. The maximum atomic E-state index is 9.83. The summed E-state index contributed by atoms with van der Waals surface area (Å²) in [5.74, 6) is 0. The largest absolute Gasteiger partial charge is 0.342 e. The first kappa shape index (κ1) is 6.44.